The molecule has 2 aromatic carbocycles. The Bertz CT molecular complexity index is 803. The summed E-state index contributed by atoms with van der Waals surface area (Å²) in [6.45, 7) is 2.67. The van der Waals surface area contributed by atoms with Crippen LogP contribution in [0.25, 0.3) is 0 Å². The predicted molar refractivity (Wildman–Crippen MR) is 97.2 cm³/mol. The van der Waals surface area contributed by atoms with Crippen molar-refractivity contribution < 1.29 is 28.5 Å². The van der Waals surface area contributed by atoms with Gasteiger partial charge in [0.15, 0.2) is 17.6 Å². The van der Waals surface area contributed by atoms with Crippen LogP contribution in [0.15, 0.2) is 42.5 Å². The summed E-state index contributed by atoms with van der Waals surface area (Å²) in [5.41, 5.74) is 1.18. The number of esters is 1. The zero-order valence-electron chi connectivity index (χ0n) is 15.2. The van der Waals surface area contributed by atoms with Gasteiger partial charge in [0.1, 0.15) is 13.2 Å². The lowest BCUT2D eigenvalue weighted by Gasteiger charge is -2.21. The second-order valence-corrected chi connectivity index (χ2v) is 5.95. The van der Waals surface area contributed by atoms with Gasteiger partial charge in [-0.15, -0.1) is 0 Å². The molecule has 142 valence electrons. The number of rotatable bonds is 6. The topological polar surface area (TPSA) is 83.1 Å². The molecule has 0 bridgehead atoms. The smallest absolute Gasteiger partial charge is 0.339 e. The van der Waals surface area contributed by atoms with Crippen LogP contribution in [0.3, 0.4) is 0 Å². The first-order valence-electron chi connectivity index (χ1n) is 8.58. The molecule has 2 aromatic rings. The molecule has 0 aromatic heterocycles. The van der Waals surface area contributed by atoms with Gasteiger partial charge in [-0.3, -0.25) is 4.79 Å². The summed E-state index contributed by atoms with van der Waals surface area (Å²) in [5.74, 6) is 0.215. The number of amides is 1. The minimum absolute atomic E-state index is 0.221. The van der Waals surface area contributed by atoms with E-state index in [2.05, 4.69) is 5.32 Å². The van der Waals surface area contributed by atoms with Crippen molar-refractivity contribution in [1.82, 2.24) is 5.32 Å². The lowest BCUT2D eigenvalue weighted by Crippen LogP contribution is -2.35. The first kappa shape index (κ1) is 18.6. The van der Waals surface area contributed by atoms with E-state index in [1.165, 1.54) is 26.2 Å². The maximum atomic E-state index is 12.4. The lowest BCUT2D eigenvalue weighted by atomic mass is 10.1. The third-order valence-electron chi connectivity index (χ3n) is 4.03. The molecule has 27 heavy (non-hydrogen) atoms. The summed E-state index contributed by atoms with van der Waals surface area (Å²) in [4.78, 5) is 24.6. The van der Waals surface area contributed by atoms with Crippen LogP contribution in [0.2, 0.25) is 0 Å². The molecular weight excluding hydrogens is 350 g/mol. The Labute approximate surface area is 157 Å². The van der Waals surface area contributed by atoms with E-state index in [0.717, 1.165) is 5.56 Å². The minimum Gasteiger partial charge on any atom is -0.493 e. The van der Waals surface area contributed by atoms with Crippen molar-refractivity contribution >= 4 is 11.9 Å². The average molecular weight is 371 g/mol. The number of ether oxygens (including phenoxy) is 4. The second kappa shape index (κ2) is 8.44. The predicted octanol–water partition coefficient (Wildman–Crippen LogP) is 2.33. The van der Waals surface area contributed by atoms with E-state index in [9.17, 15) is 9.59 Å². The molecule has 1 unspecified atom stereocenters. The fourth-order valence-electron chi connectivity index (χ4n) is 2.60. The number of carbonyl (C=O) groups is 2. The van der Waals surface area contributed by atoms with Gasteiger partial charge in [0, 0.05) is 6.54 Å². The molecule has 1 aliphatic heterocycles. The molecule has 0 radical (unpaired) electrons. The monoisotopic (exact) mass is 371 g/mol. The van der Waals surface area contributed by atoms with Crippen molar-refractivity contribution in [3.63, 3.8) is 0 Å². The Balaban J connectivity index is 1.63. The van der Waals surface area contributed by atoms with E-state index >= 15 is 0 Å². The van der Waals surface area contributed by atoms with Crippen LogP contribution in [0.4, 0.5) is 0 Å². The van der Waals surface area contributed by atoms with Gasteiger partial charge in [0.05, 0.1) is 12.7 Å². The number of methoxy groups -OCH3 is 1. The van der Waals surface area contributed by atoms with Gasteiger partial charge < -0.3 is 24.3 Å². The van der Waals surface area contributed by atoms with Gasteiger partial charge in [-0.05, 0) is 24.6 Å². The zero-order valence-corrected chi connectivity index (χ0v) is 15.2. The SMILES string of the molecule is COc1cc(C(=O)OC(C)C(=O)NCc2ccccc2)cc2c1OCCO2. The average Bonchev–Trinajstić information content (AvgIpc) is 2.71. The normalized spacial score (nSPS) is 13.4. The number of fused-ring (bicyclic) bond motifs is 1. The van der Waals surface area contributed by atoms with Crippen LogP contribution in [0.5, 0.6) is 17.2 Å². The Morgan fingerprint density at radius 1 is 1.15 bits per heavy atom. The van der Waals surface area contributed by atoms with Gasteiger partial charge in [-0.2, -0.15) is 0 Å². The van der Waals surface area contributed by atoms with Gasteiger partial charge in [-0.1, -0.05) is 30.3 Å². The summed E-state index contributed by atoms with van der Waals surface area (Å²) >= 11 is 0. The van der Waals surface area contributed by atoms with Gasteiger partial charge in [0.25, 0.3) is 5.91 Å². The summed E-state index contributed by atoms with van der Waals surface area (Å²) in [7, 11) is 1.47. The molecule has 0 saturated carbocycles. The van der Waals surface area contributed by atoms with Gasteiger partial charge in [0.2, 0.25) is 5.75 Å². The van der Waals surface area contributed by atoms with Gasteiger partial charge >= 0.3 is 5.97 Å². The number of benzene rings is 2. The second-order valence-electron chi connectivity index (χ2n) is 5.95. The molecule has 7 heteroatoms. The summed E-state index contributed by atoms with van der Waals surface area (Å²) in [6, 6.07) is 12.5. The highest BCUT2D eigenvalue weighted by Gasteiger charge is 2.24. The van der Waals surface area contributed by atoms with Crippen LogP contribution in [-0.4, -0.2) is 38.3 Å². The third kappa shape index (κ3) is 4.49. The van der Waals surface area contributed by atoms with E-state index in [4.69, 9.17) is 18.9 Å². The number of carbonyl (C=O) groups excluding carboxylic acids is 2. The van der Waals surface area contributed by atoms with Crippen LogP contribution >= 0.6 is 0 Å². The quantitative estimate of drug-likeness (QED) is 0.785. The Morgan fingerprint density at radius 3 is 2.63 bits per heavy atom. The van der Waals surface area contributed by atoms with Gasteiger partial charge in [-0.25, -0.2) is 4.79 Å². The molecule has 0 saturated heterocycles. The third-order valence-corrected chi connectivity index (χ3v) is 4.03. The standard InChI is InChI=1S/C20H21NO6/c1-13(19(22)21-12-14-6-4-3-5-7-14)27-20(23)15-10-16(24-2)18-17(11-15)25-8-9-26-18/h3-7,10-11,13H,8-9,12H2,1-2H3,(H,21,22). The summed E-state index contributed by atoms with van der Waals surface area (Å²) in [5, 5.41) is 2.74. The van der Waals surface area contributed by atoms with Crippen molar-refractivity contribution in [3.8, 4) is 17.2 Å². The lowest BCUT2D eigenvalue weighted by molar-refractivity contribution is -0.129. The molecule has 1 heterocycles. The Kier molecular flexibility index (Phi) is 5.80. The van der Waals surface area contributed by atoms with E-state index in [0.29, 0.717) is 37.0 Å². The van der Waals surface area contributed by atoms with Crippen molar-refractivity contribution in [2.24, 2.45) is 0 Å². The minimum atomic E-state index is -0.944. The van der Waals surface area contributed by atoms with Crippen LogP contribution < -0.4 is 19.5 Å². The van der Waals surface area contributed by atoms with Crippen molar-refractivity contribution in [1.29, 1.82) is 0 Å². The van der Waals surface area contributed by atoms with Crippen LogP contribution in [0, 0.1) is 0 Å². The molecular formula is C20H21NO6. The Morgan fingerprint density at radius 2 is 1.89 bits per heavy atom. The fourth-order valence-corrected chi connectivity index (χ4v) is 2.60. The largest absolute Gasteiger partial charge is 0.493 e. The molecule has 1 N–H and O–H groups in total. The number of nitrogens with one attached hydrogen (secondary N) is 1. The first-order chi connectivity index (χ1) is 13.1. The van der Waals surface area contributed by atoms with Crippen LogP contribution in [-0.2, 0) is 16.1 Å². The molecule has 1 amide bonds. The highest BCUT2D eigenvalue weighted by atomic mass is 16.6. The Hall–Kier alpha value is -3.22. The molecule has 7 nitrogen and oxygen atoms in total. The van der Waals surface area contributed by atoms with E-state index in [1.807, 2.05) is 30.3 Å². The number of hydrogen-bond acceptors (Lipinski definition) is 6. The van der Waals surface area contributed by atoms with E-state index < -0.39 is 12.1 Å². The maximum absolute atomic E-state index is 12.4. The maximum Gasteiger partial charge on any atom is 0.339 e. The fraction of sp³-hybridized carbons (Fsp3) is 0.300. The molecule has 0 aliphatic carbocycles. The van der Waals surface area contributed by atoms with E-state index in [-0.39, 0.29) is 11.5 Å². The molecule has 1 aliphatic rings. The molecule has 3 rings (SSSR count). The molecule has 1 atom stereocenters. The van der Waals surface area contributed by atoms with Crippen molar-refractivity contribution in [2.75, 3.05) is 20.3 Å². The highest BCUT2D eigenvalue weighted by molar-refractivity contribution is 5.93. The number of hydrogen-bond donors (Lipinski definition) is 1. The molecule has 0 fully saturated rings. The summed E-state index contributed by atoms with van der Waals surface area (Å²) < 4.78 is 21.5. The van der Waals surface area contributed by atoms with Crippen molar-refractivity contribution in [3.05, 3.63) is 53.6 Å². The highest BCUT2D eigenvalue weighted by Crippen LogP contribution is 2.40. The molecule has 0 spiro atoms. The van der Waals surface area contributed by atoms with Crippen molar-refractivity contribution in [2.45, 2.75) is 19.6 Å². The van der Waals surface area contributed by atoms with Crippen LogP contribution in [0.1, 0.15) is 22.8 Å². The summed E-state index contributed by atoms with van der Waals surface area (Å²) in [6.07, 6.45) is -0.944. The van der Waals surface area contributed by atoms with E-state index in [1.54, 1.807) is 0 Å². The first-order valence-corrected chi connectivity index (χ1v) is 8.58. The zero-order chi connectivity index (χ0) is 19.2.